The summed E-state index contributed by atoms with van der Waals surface area (Å²) in [6.07, 6.45) is 0. The van der Waals surface area contributed by atoms with Gasteiger partial charge >= 0.3 is 0 Å². The molecule has 0 aliphatic heterocycles. The number of hydrogen-bond donors (Lipinski definition) is 0. The lowest BCUT2D eigenvalue weighted by atomic mass is 9.96. The van der Waals surface area contributed by atoms with Gasteiger partial charge in [0.05, 0.1) is 0 Å². The van der Waals surface area contributed by atoms with E-state index in [0.29, 0.717) is 0 Å². The highest BCUT2D eigenvalue weighted by Crippen LogP contribution is 2.24. The molecule has 0 aromatic carbocycles. The third kappa shape index (κ3) is 5.36. The van der Waals surface area contributed by atoms with Gasteiger partial charge in [0, 0.05) is 23.8 Å². The fourth-order valence-corrected chi connectivity index (χ4v) is 2.69. The average Bonchev–Trinajstić information content (AvgIpc) is 2.14. The maximum absolute atomic E-state index is 4.61. The molecule has 0 fully saturated rings. The van der Waals surface area contributed by atoms with Gasteiger partial charge in [0.1, 0.15) is 15.5 Å². The second-order valence-electron chi connectivity index (χ2n) is 5.25. The molecule has 0 amide bonds. The molecule has 3 nitrogen and oxygen atoms in total. The van der Waals surface area contributed by atoms with E-state index in [1.807, 2.05) is 6.07 Å². The van der Waals surface area contributed by atoms with E-state index < -0.39 is 0 Å². The molecule has 0 spiro atoms. The summed E-state index contributed by atoms with van der Waals surface area (Å²) in [5.74, 6) is 1.93. The lowest BCUT2D eigenvalue weighted by Crippen LogP contribution is -2.17. The lowest BCUT2D eigenvalue weighted by molar-refractivity contribution is 0.437. The first-order valence-electron chi connectivity index (χ1n) is 5.61. The highest BCUT2D eigenvalue weighted by atomic mass is 79.9. The molecule has 0 aliphatic rings. The molecule has 1 heterocycles. The monoisotopic (exact) mass is 317 g/mol. The highest BCUT2D eigenvalue weighted by Gasteiger charge is 2.18. The van der Waals surface area contributed by atoms with Gasteiger partial charge in [-0.1, -0.05) is 20.8 Å². The summed E-state index contributed by atoms with van der Waals surface area (Å²) in [5.41, 5.74) is -0.0133. The quantitative estimate of drug-likeness (QED) is 0.630. The van der Waals surface area contributed by atoms with Crippen LogP contribution in [0.5, 0.6) is 0 Å². The van der Waals surface area contributed by atoms with Crippen molar-refractivity contribution in [3.8, 4) is 0 Å². The second kappa shape index (κ2) is 6.16. The van der Waals surface area contributed by atoms with Crippen LogP contribution in [0.4, 0.5) is 0 Å². The number of aromatic nitrogens is 2. The van der Waals surface area contributed by atoms with E-state index >= 15 is 0 Å². The Morgan fingerprint density at radius 1 is 1.29 bits per heavy atom. The molecule has 1 aromatic heterocycles. The van der Waals surface area contributed by atoms with Crippen LogP contribution in [0.25, 0.3) is 0 Å². The van der Waals surface area contributed by atoms with Crippen LogP contribution < -0.4 is 0 Å². The molecule has 0 aliphatic carbocycles. The number of hydrogen-bond acceptors (Lipinski definition) is 4. The summed E-state index contributed by atoms with van der Waals surface area (Å²) in [7, 11) is 4.16. The van der Waals surface area contributed by atoms with Crippen molar-refractivity contribution in [1.29, 1.82) is 0 Å². The van der Waals surface area contributed by atoms with Gasteiger partial charge in [-0.25, -0.2) is 9.97 Å². The fourth-order valence-electron chi connectivity index (χ4n) is 1.14. The van der Waals surface area contributed by atoms with Crippen molar-refractivity contribution >= 4 is 27.7 Å². The Hall–Kier alpha value is -0.130. The van der Waals surface area contributed by atoms with Crippen LogP contribution in [0.2, 0.25) is 0 Å². The zero-order valence-electron chi connectivity index (χ0n) is 11.1. The Kier molecular flexibility index (Phi) is 5.41. The summed E-state index contributed by atoms with van der Waals surface area (Å²) in [6.45, 7) is 7.44. The molecular formula is C12H20BrN3S. The average molecular weight is 318 g/mol. The topological polar surface area (TPSA) is 29.0 Å². The van der Waals surface area contributed by atoms with Crippen LogP contribution in [-0.2, 0) is 5.41 Å². The smallest absolute Gasteiger partial charge is 0.136 e. The molecule has 0 saturated carbocycles. The van der Waals surface area contributed by atoms with Gasteiger partial charge in [0.15, 0.2) is 0 Å². The first-order chi connectivity index (χ1) is 7.79. The number of halogens is 1. The molecule has 96 valence electrons. The van der Waals surface area contributed by atoms with Gasteiger partial charge in [-0.05, 0) is 30.0 Å². The van der Waals surface area contributed by atoms with Crippen LogP contribution in [0.1, 0.15) is 26.6 Å². The standard InChI is InChI=1S/C12H20BrN3S/c1-12(2,3)11-14-9(13)8-10(15-11)17-7-6-16(4)5/h8H,6-7H2,1-5H3. The van der Waals surface area contributed by atoms with Crippen LogP contribution in [0.15, 0.2) is 15.7 Å². The van der Waals surface area contributed by atoms with Crippen LogP contribution >= 0.6 is 27.7 Å². The van der Waals surface area contributed by atoms with E-state index in [1.165, 1.54) is 0 Å². The molecule has 0 N–H and O–H groups in total. The third-order valence-corrected chi connectivity index (χ3v) is 3.43. The van der Waals surface area contributed by atoms with Crippen LogP contribution in [0, 0.1) is 0 Å². The van der Waals surface area contributed by atoms with Gasteiger partial charge in [-0.2, -0.15) is 0 Å². The number of thioether (sulfide) groups is 1. The Morgan fingerprint density at radius 2 is 1.94 bits per heavy atom. The maximum atomic E-state index is 4.61. The minimum Gasteiger partial charge on any atom is -0.309 e. The first kappa shape index (κ1) is 14.9. The molecule has 0 saturated heterocycles. The van der Waals surface area contributed by atoms with Crippen molar-refractivity contribution in [1.82, 2.24) is 14.9 Å². The van der Waals surface area contributed by atoms with Gasteiger partial charge in [0.25, 0.3) is 0 Å². The zero-order valence-corrected chi connectivity index (χ0v) is 13.5. The molecule has 17 heavy (non-hydrogen) atoms. The summed E-state index contributed by atoms with van der Waals surface area (Å²) in [4.78, 5) is 11.2. The third-order valence-electron chi connectivity index (χ3n) is 2.13. The van der Waals surface area contributed by atoms with Crippen molar-refractivity contribution in [3.05, 3.63) is 16.5 Å². The molecule has 1 rings (SSSR count). The van der Waals surface area contributed by atoms with Crippen molar-refractivity contribution in [3.63, 3.8) is 0 Å². The van der Waals surface area contributed by atoms with Gasteiger partial charge < -0.3 is 4.90 Å². The van der Waals surface area contributed by atoms with E-state index in [-0.39, 0.29) is 5.41 Å². The first-order valence-corrected chi connectivity index (χ1v) is 7.39. The van der Waals surface area contributed by atoms with Gasteiger partial charge in [-0.3, -0.25) is 0 Å². The summed E-state index contributed by atoms with van der Waals surface area (Å²) in [5, 5.41) is 1.04. The molecule has 0 unspecified atom stereocenters. The molecule has 5 heteroatoms. The number of nitrogens with zero attached hydrogens (tertiary/aromatic N) is 3. The van der Waals surface area contributed by atoms with Crippen molar-refractivity contribution in [2.75, 3.05) is 26.4 Å². The van der Waals surface area contributed by atoms with Gasteiger partial charge in [0.2, 0.25) is 0 Å². The SMILES string of the molecule is CN(C)CCSc1cc(Br)nc(C(C)(C)C)n1. The van der Waals surface area contributed by atoms with Crippen molar-refractivity contribution in [2.45, 2.75) is 31.2 Å². The maximum Gasteiger partial charge on any atom is 0.136 e. The Morgan fingerprint density at radius 3 is 2.47 bits per heavy atom. The summed E-state index contributed by atoms with van der Waals surface area (Å²) >= 11 is 5.22. The van der Waals surface area contributed by atoms with E-state index in [1.54, 1.807) is 11.8 Å². The van der Waals surface area contributed by atoms with Crippen LogP contribution in [-0.4, -0.2) is 41.3 Å². The summed E-state index contributed by atoms with van der Waals surface area (Å²) < 4.78 is 0.866. The van der Waals surface area contributed by atoms with E-state index in [4.69, 9.17) is 0 Å². The van der Waals surface area contributed by atoms with Crippen LogP contribution in [0.3, 0.4) is 0 Å². The van der Waals surface area contributed by atoms with E-state index in [0.717, 1.165) is 27.8 Å². The van der Waals surface area contributed by atoms with Crippen molar-refractivity contribution < 1.29 is 0 Å². The lowest BCUT2D eigenvalue weighted by Gasteiger charge is -2.17. The highest BCUT2D eigenvalue weighted by molar-refractivity contribution is 9.10. The molecule has 0 radical (unpaired) electrons. The molecule has 1 aromatic rings. The normalized spacial score (nSPS) is 12.2. The Labute approximate surface area is 117 Å². The Bertz CT molecular complexity index is 375. The zero-order chi connectivity index (χ0) is 13.1. The minimum absolute atomic E-state index is 0.0133. The van der Waals surface area contributed by atoms with Gasteiger partial charge in [-0.15, -0.1) is 11.8 Å². The summed E-state index contributed by atoms with van der Waals surface area (Å²) in [6, 6.07) is 1.98. The molecular weight excluding hydrogens is 298 g/mol. The molecule has 0 atom stereocenters. The minimum atomic E-state index is -0.0133. The molecule has 0 bridgehead atoms. The van der Waals surface area contributed by atoms with E-state index in [2.05, 4.69) is 65.7 Å². The predicted molar refractivity (Wildman–Crippen MR) is 77.7 cm³/mol. The van der Waals surface area contributed by atoms with Crippen molar-refractivity contribution in [2.24, 2.45) is 0 Å². The largest absolute Gasteiger partial charge is 0.309 e. The number of rotatable bonds is 4. The second-order valence-corrected chi connectivity index (χ2v) is 7.18. The predicted octanol–water partition coefficient (Wildman–Crippen LogP) is 3.19. The van der Waals surface area contributed by atoms with E-state index in [9.17, 15) is 0 Å². The Balaban J connectivity index is 2.76. The fraction of sp³-hybridized carbons (Fsp3) is 0.667.